The summed E-state index contributed by atoms with van der Waals surface area (Å²) in [6.07, 6.45) is 8.43. The van der Waals surface area contributed by atoms with Crippen molar-refractivity contribution in [2.75, 3.05) is 7.11 Å². The van der Waals surface area contributed by atoms with Crippen LogP contribution in [0.3, 0.4) is 0 Å². The van der Waals surface area contributed by atoms with Crippen molar-refractivity contribution in [2.45, 2.75) is 94.8 Å². The van der Waals surface area contributed by atoms with Gasteiger partial charge in [-0.3, -0.25) is 14.4 Å². The summed E-state index contributed by atoms with van der Waals surface area (Å²) in [7, 11) is 1.12. The smallest absolute Gasteiger partial charge is 0.339 e. The quantitative estimate of drug-likeness (QED) is 0.146. The van der Waals surface area contributed by atoms with Crippen LogP contribution in [-0.2, 0) is 23.9 Å². The largest absolute Gasteiger partial charge is 0.467 e. The molecule has 1 saturated heterocycles. The van der Waals surface area contributed by atoms with Gasteiger partial charge in [0.05, 0.1) is 19.1 Å². The lowest BCUT2D eigenvalue weighted by Gasteiger charge is -2.45. The van der Waals surface area contributed by atoms with Gasteiger partial charge in [-0.05, 0) is 44.4 Å². The van der Waals surface area contributed by atoms with E-state index in [1.807, 2.05) is 6.08 Å². The third-order valence-electron chi connectivity index (χ3n) is 6.90. The molecule has 4 N–H and O–H groups in total. The van der Waals surface area contributed by atoms with E-state index < -0.39 is 57.4 Å². The van der Waals surface area contributed by atoms with Crippen LogP contribution in [-0.4, -0.2) is 62.8 Å². The normalized spacial score (nSPS) is 30.4. The van der Waals surface area contributed by atoms with Crippen LogP contribution in [0.5, 0.6) is 0 Å². The molecule has 34 heavy (non-hydrogen) atoms. The first kappa shape index (κ1) is 28.3. The maximum Gasteiger partial charge on any atom is 0.339 e. The number of ether oxygens (including phenoxy) is 1. The topological polar surface area (TPSA) is 142 Å². The number of carbonyl (C=O) groups excluding carboxylic acids is 4. The second kappa shape index (κ2) is 12.2. The monoisotopic (exact) mass is 498 g/mol. The number of unbranched alkanes of at least 4 members (excludes halogenated alkanes) is 3. The molecule has 1 aliphatic carbocycles. The number of nitrogens with one attached hydrogen (secondary N) is 2. The van der Waals surface area contributed by atoms with Gasteiger partial charge in [-0.25, -0.2) is 4.79 Å². The zero-order chi connectivity index (χ0) is 25.5. The maximum absolute atomic E-state index is 13.8. The fourth-order valence-corrected chi connectivity index (χ4v) is 6.12. The standard InChI is InChI=1S/C24H38N2O7S/c1-5-6-7-11-14-17-19(29)26-24(23(17,3)32,18(28)16-12-9-8-10-13-16)22(31)34-20(21(30)33-4)25-15(2)27/h9,12,16-18,20,28,32H,5-8,10-11,13-14H2,1-4H3,(H,25,27)(H,26,29)/t16-,17+,18?,20?,23+,24+/m1/s1. The Bertz CT molecular complexity index is 800. The summed E-state index contributed by atoms with van der Waals surface area (Å²) in [6.45, 7) is 4.66. The van der Waals surface area contributed by atoms with Crippen molar-refractivity contribution in [3.05, 3.63) is 12.2 Å². The van der Waals surface area contributed by atoms with Crippen molar-refractivity contribution in [1.29, 1.82) is 0 Å². The van der Waals surface area contributed by atoms with E-state index in [4.69, 9.17) is 4.74 Å². The summed E-state index contributed by atoms with van der Waals surface area (Å²) in [5, 5.41) is 26.1. The number of aliphatic hydroxyl groups is 2. The molecular formula is C24H38N2O7S. The number of esters is 1. The van der Waals surface area contributed by atoms with Crippen LogP contribution in [0.1, 0.15) is 72.1 Å². The Kier molecular flexibility index (Phi) is 10.1. The van der Waals surface area contributed by atoms with Crippen LogP contribution in [0.2, 0.25) is 0 Å². The highest BCUT2D eigenvalue weighted by molar-refractivity contribution is 8.14. The molecule has 0 radical (unpaired) electrons. The number of hydrogen-bond acceptors (Lipinski definition) is 8. The molecule has 0 aromatic carbocycles. The van der Waals surface area contributed by atoms with Gasteiger partial charge >= 0.3 is 5.97 Å². The highest BCUT2D eigenvalue weighted by atomic mass is 32.2. The zero-order valence-electron chi connectivity index (χ0n) is 20.5. The van der Waals surface area contributed by atoms with Crippen molar-refractivity contribution in [3.63, 3.8) is 0 Å². The molecule has 1 fully saturated rings. The lowest BCUT2D eigenvalue weighted by Crippen LogP contribution is -2.70. The molecule has 192 valence electrons. The van der Waals surface area contributed by atoms with E-state index in [0.717, 1.165) is 39.2 Å². The molecular weight excluding hydrogens is 460 g/mol. The van der Waals surface area contributed by atoms with Gasteiger partial charge in [0, 0.05) is 12.8 Å². The first-order chi connectivity index (χ1) is 16.0. The van der Waals surface area contributed by atoms with Crippen LogP contribution >= 0.6 is 11.8 Å². The molecule has 10 heteroatoms. The van der Waals surface area contributed by atoms with Gasteiger partial charge in [0.15, 0.2) is 10.9 Å². The van der Waals surface area contributed by atoms with Crippen LogP contribution in [0, 0.1) is 11.8 Å². The minimum atomic E-state index is -2.07. The average molecular weight is 499 g/mol. The molecule has 0 bridgehead atoms. The third-order valence-corrected chi connectivity index (χ3v) is 7.98. The molecule has 0 aromatic rings. The summed E-state index contributed by atoms with van der Waals surface area (Å²) >= 11 is 0.428. The van der Waals surface area contributed by atoms with Gasteiger partial charge in [-0.1, -0.05) is 44.8 Å². The number of carbonyl (C=O) groups is 4. The molecule has 0 saturated carbocycles. The van der Waals surface area contributed by atoms with E-state index in [0.29, 0.717) is 31.0 Å². The first-order valence-corrected chi connectivity index (χ1v) is 12.9. The van der Waals surface area contributed by atoms with E-state index in [1.165, 1.54) is 13.8 Å². The van der Waals surface area contributed by atoms with Crippen LogP contribution in [0.25, 0.3) is 0 Å². The number of allylic oxidation sites excluding steroid dienone is 1. The third kappa shape index (κ3) is 5.83. The van der Waals surface area contributed by atoms with Gasteiger partial charge in [0.1, 0.15) is 5.60 Å². The summed E-state index contributed by atoms with van der Waals surface area (Å²) in [5.41, 5.74) is -4.00. The van der Waals surface area contributed by atoms with E-state index in [-0.39, 0.29) is 0 Å². The van der Waals surface area contributed by atoms with Gasteiger partial charge in [-0.2, -0.15) is 0 Å². The molecule has 1 aliphatic heterocycles. The number of thioether (sulfide) groups is 1. The van der Waals surface area contributed by atoms with Crippen LogP contribution in [0.15, 0.2) is 12.2 Å². The minimum Gasteiger partial charge on any atom is -0.467 e. The average Bonchev–Trinajstić information content (AvgIpc) is 3.01. The van der Waals surface area contributed by atoms with Crippen LogP contribution < -0.4 is 10.6 Å². The Morgan fingerprint density at radius 3 is 2.59 bits per heavy atom. The molecule has 0 aromatic heterocycles. The predicted octanol–water partition coefficient (Wildman–Crippen LogP) is 1.80. The Labute approximate surface area is 205 Å². The molecule has 2 unspecified atom stereocenters. The van der Waals surface area contributed by atoms with E-state index >= 15 is 0 Å². The predicted molar refractivity (Wildman–Crippen MR) is 128 cm³/mol. The second-order valence-corrected chi connectivity index (χ2v) is 10.4. The van der Waals surface area contributed by atoms with Gasteiger partial charge in [-0.15, -0.1) is 0 Å². The molecule has 2 rings (SSSR count). The molecule has 0 spiro atoms. The molecule has 2 aliphatic rings. The molecule has 1 heterocycles. The lowest BCUT2D eigenvalue weighted by molar-refractivity contribution is -0.144. The van der Waals surface area contributed by atoms with E-state index in [1.54, 1.807) is 6.08 Å². The molecule has 2 amide bonds. The van der Waals surface area contributed by atoms with Crippen molar-refractivity contribution >= 4 is 34.7 Å². The Morgan fingerprint density at radius 2 is 2.03 bits per heavy atom. The van der Waals surface area contributed by atoms with E-state index in [9.17, 15) is 29.4 Å². The minimum absolute atomic E-state index is 0.359. The summed E-state index contributed by atoms with van der Waals surface area (Å²) in [5.74, 6) is -3.31. The van der Waals surface area contributed by atoms with E-state index in [2.05, 4.69) is 17.6 Å². The highest BCUT2D eigenvalue weighted by Crippen LogP contribution is 2.47. The first-order valence-electron chi connectivity index (χ1n) is 12.0. The van der Waals surface area contributed by atoms with Crippen molar-refractivity contribution < 1.29 is 34.1 Å². The number of aliphatic hydroxyl groups excluding tert-OH is 1. The number of amides is 2. The molecule has 9 nitrogen and oxygen atoms in total. The van der Waals surface area contributed by atoms with Crippen molar-refractivity contribution in [2.24, 2.45) is 11.8 Å². The van der Waals surface area contributed by atoms with Gasteiger partial charge < -0.3 is 25.6 Å². The molecule has 6 atom stereocenters. The number of hydrogen-bond donors (Lipinski definition) is 4. The Morgan fingerprint density at radius 1 is 1.32 bits per heavy atom. The fourth-order valence-electron chi connectivity index (χ4n) is 4.93. The second-order valence-electron chi connectivity index (χ2n) is 9.32. The van der Waals surface area contributed by atoms with Crippen LogP contribution in [0.4, 0.5) is 0 Å². The summed E-state index contributed by atoms with van der Waals surface area (Å²) < 4.78 is 4.71. The SMILES string of the molecule is CCCCCC[C@H]1C(=O)N[C@](C(=O)SC(NC(C)=O)C(=O)OC)(C(O)[C@@H]2C=CCCC2)[C@@]1(C)O. The number of methoxy groups -OCH3 is 1. The summed E-state index contributed by atoms with van der Waals surface area (Å²) in [6, 6.07) is 0. The maximum atomic E-state index is 13.8. The van der Waals surface area contributed by atoms with Gasteiger partial charge in [0.25, 0.3) is 0 Å². The Hall–Kier alpha value is -1.91. The zero-order valence-corrected chi connectivity index (χ0v) is 21.3. The summed E-state index contributed by atoms with van der Waals surface area (Å²) in [4.78, 5) is 50.7. The van der Waals surface area contributed by atoms with Crippen molar-refractivity contribution in [3.8, 4) is 0 Å². The van der Waals surface area contributed by atoms with Gasteiger partial charge in [0.2, 0.25) is 16.9 Å². The van der Waals surface area contributed by atoms with Crippen molar-refractivity contribution in [1.82, 2.24) is 10.6 Å². The lowest BCUT2D eigenvalue weighted by atomic mass is 9.68. The fraction of sp³-hybridized carbons (Fsp3) is 0.750. The number of rotatable bonds is 11. The Balaban J connectivity index is 2.45. The highest BCUT2D eigenvalue weighted by Gasteiger charge is 2.69.